The van der Waals surface area contributed by atoms with Crippen molar-refractivity contribution in [1.29, 1.82) is 5.26 Å². The summed E-state index contributed by atoms with van der Waals surface area (Å²) in [6.07, 6.45) is 12.6. The minimum atomic E-state index is -0.503. The van der Waals surface area contributed by atoms with Crippen molar-refractivity contribution in [2.24, 2.45) is 0 Å². The first kappa shape index (κ1) is 32.2. The number of carbonyl (C=O) groups excluding carboxylic acids is 1. The van der Waals surface area contributed by atoms with Gasteiger partial charge in [0.1, 0.15) is 25.7 Å². The van der Waals surface area contributed by atoms with Gasteiger partial charge in [-0.2, -0.15) is 15.5 Å². The number of nitrogens with two attached hydrogens (primary N) is 1. The normalized spacial score (nSPS) is 23.1. The molecule has 2 N–H and O–H groups in total. The van der Waals surface area contributed by atoms with Crippen LogP contribution in [0.25, 0.3) is 28.4 Å². The number of anilines is 1. The lowest BCUT2D eigenvalue weighted by Gasteiger charge is -2.41. The van der Waals surface area contributed by atoms with Crippen LogP contribution in [0.2, 0.25) is 0 Å². The van der Waals surface area contributed by atoms with Crippen molar-refractivity contribution in [2.75, 3.05) is 39.1 Å². The third-order valence-electron chi connectivity index (χ3n) is 12.6. The predicted molar refractivity (Wildman–Crippen MR) is 194 cm³/mol. The van der Waals surface area contributed by atoms with Crippen molar-refractivity contribution < 1.29 is 18.6 Å². The maximum atomic E-state index is 13.8. The number of hydrogen-bond acceptors (Lipinski definition) is 10. The second kappa shape index (κ2) is 12.1. The number of amides is 1. The molecule has 10 rings (SSSR count). The number of nitriles is 1. The Morgan fingerprint density at radius 3 is 2.75 bits per heavy atom. The SMILES string of the molecule is C[C@@H](C1=[N+](C)CCC1)n1ncc2c(-n3cc4c(n3)C(=O)N([C@@H]3CCOC3)CC4)nc(-c3noc4c3CCC[C@@]43CCCc4ccc(N)c(C#N)c43)nc21. The number of nitrogens with zero attached hydrogens (tertiary/aromatic N) is 10. The maximum absolute atomic E-state index is 13.8. The molecule has 1 fully saturated rings. The van der Waals surface area contributed by atoms with Crippen LogP contribution in [-0.2, 0) is 29.4 Å². The van der Waals surface area contributed by atoms with Crippen LogP contribution >= 0.6 is 0 Å². The average Bonchev–Trinajstić information content (AvgIpc) is 4.02. The second-order valence-corrected chi connectivity index (χ2v) is 15.4. The number of nitrogen functional groups attached to an aromatic ring is 1. The summed E-state index contributed by atoms with van der Waals surface area (Å²) in [5, 5.41) is 25.6. The van der Waals surface area contributed by atoms with Gasteiger partial charge in [0, 0.05) is 49.0 Å². The average molecular weight is 713 g/mol. The van der Waals surface area contributed by atoms with Crippen LogP contribution in [0.15, 0.2) is 29.0 Å². The zero-order valence-electron chi connectivity index (χ0n) is 30.1. The number of fused-ring (bicyclic) bond motifs is 6. The molecule has 1 amide bonds. The van der Waals surface area contributed by atoms with Crippen molar-refractivity contribution in [3.8, 4) is 23.4 Å². The van der Waals surface area contributed by atoms with Gasteiger partial charge in [0.05, 0.1) is 35.2 Å². The molecule has 270 valence electrons. The van der Waals surface area contributed by atoms with Crippen molar-refractivity contribution in [2.45, 2.75) is 88.6 Å². The van der Waals surface area contributed by atoms with Crippen molar-refractivity contribution in [3.05, 3.63) is 63.8 Å². The summed E-state index contributed by atoms with van der Waals surface area (Å²) in [6.45, 7) is 5.03. The summed E-state index contributed by atoms with van der Waals surface area (Å²) in [6, 6.07) is 6.38. The highest BCUT2D eigenvalue weighted by Gasteiger charge is 2.48. The Labute approximate surface area is 306 Å². The molecule has 0 unspecified atom stereocenters. The molecule has 5 aliphatic rings. The Morgan fingerprint density at radius 2 is 1.96 bits per heavy atom. The number of aromatic nitrogens is 7. The third-order valence-corrected chi connectivity index (χ3v) is 12.6. The monoisotopic (exact) mass is 712 g/mol. The molecule has 4 aromatic heterocycles. The molecule has 0 saturated carbocycles. The van der Waals surface area contributed by atoms with E-state index < -0.39 is 5.41 Å². The van der Waals surface area contributed by atoms with Gasteiger partial charge in [0.25, 0.3) is 5.91 Å². The highest BCUT2D eigenvalue weighted by atomic mass is 16.5. The molecule has 1 spiro atoms. The molecule has 5 aromatic rings. The number of ether oxygens (including phenoxy) is 1. The first-order valence-electron chi connectivity index (χ1n) is 19.0. The van der Waals surface area contributed by atoms with Crippen LogP contribution in [0.1, 0.15) is 102 Å². The molecule has 1 aromatic carbocycles. The minimum absolute atomic E-state index is 0.0340. The zero-order chi connectivity index (χ0) is 36.0. The lowest BCUT2D eigenvalue weighted by molar-refractivity contribution is -0.490. The van der Waals surface area contributed by atoms with Gasteiger partial charge < -0.3 is 19.9 Å². The number of benzene rings is 1. The topological polar surface area (TPSA) is 170 Å². The Bertz CT molecular complexity index is 2400. The Morgan fingerprint density at radius 1 is 1.09 bits per heavy atom. The third kappa shape index (κ3) is 4.75. The van der Waals surface area contributed by atoms with Crippen LogP contribution in [0.5, 0.6) is 0 Å². The minimum Gasteiger partial charge on any atom is -0.398 e. The predicted octanol–water partition coefficient (Wildman–Crippen LogP) is 4.30. The molecule has 0 radical (unpaired) electrons. The largest absolute Gasteiger partial charge is 0.398 e. The summed E-state index contributed by atoms with van der Waals surface area (Å²) in [5.41, 5.74) is 13.9. The number of hydrogen-bond donors (Lipinski definition) is 1. The molecule has 3 atom stereocenters. The van der Waals surface area contributed by atoms with Crippen LogP contribution in [0.4, 0.5) is 5.69 Å². The number of rotatable bonds is 5. The van der Waals surface area contributed by atoms with Crippen LogP contribution in [0.3, 0.4) is 0 Å². The summed E-state index contributed by atoms with van der Waals surface area (Å²) in [7, 11) is 2.13. The van der Waals surface area contributed by atoms with E-state index in [-0.39, 0.29) is 18.0 Å². The van der Waals surface area contributed by atoms with Crippen LogP contribution < -0.4 is 5.73 Å². The molecular weight excluding hydrogens is 671 g/mol. The Hall–Kier alpha value is -5.42. The molecule has 3 aliphatic heterocycles. The molecule has 2 aliphatic carbocycles. The van der Waals surface area contributed by atoms with E-state index in [0.29, 0.717) is 66.1 Å². The molecule has 14 nitrogen and oxygen atoms in total. The fourth-order valence-corrected chi connectivity index (χ4v) is 9.94. The van der Waals surface area contributed by atoms with E-state index in [1.54, 1.807) is 4.68 Å². The van der Waals surface area contributed by atoms with E-state index in [4.69, 9.17) is 40.3 Å². The van der Waals surface area contributed by atoms with E-state index in [2.05, 4.69) is 30.7 Å². The summed E-state index contributed by atoms with van der Waals surface area (Å²) < 4.78 is 18.0. The lowest BCUT2D eigenvalue weighted by atomic mass is 9.61. The van der Waals surface area contributed by atoms with Gasteiger partial charge in [0.15, 0.2) is 40.1 Å². The quantitative estimate of drug-likeness (QED) is 0.205. The molecule has 14 heteroatoms. The van der Waals surface area contributed by atoms with Crippen LogP contribution in [-0.4, -0.2) is 95.2 Å². The molecular formula is C39H42N11O3+. The van der Waals surface area contributed by atoms with E-state index >= 15 is 0 Å². The van der Waals surface area contributed by atoms with Gasteiger partial charge in [-0.25, -0.2) is 23.9 Å². The van der Waals surface area contributed by atoms with Gasteiger partial charge in [-0.3, -0.25) is 4.79 Å². The van der Waals surface area contributed by atoms with E-state index in [0.717, 1.165) is 97.7 Å². The van der Waals surface area contributed by atoms with E-state index in [1.165, 1.54) is 5.71 Å². The Balaban J connectivity index is 1.14. The smallest absolute Gasteiger partial charge is 0.274 e. The Kier molecular flexibility index (Phi) is 7.34. The maximum Gasteiger partial charge on any atom is 0.274 e. The standard InChI is InChI=1S/C39H42N11O3/c1-22(30-8-5-15-47(30)2)50-37-28(19-42-50)36(49-20-24-11-16-48(25-12-17-52-21-25)38(51)32(24)45-49)43-35(44-37)33-26-7-4-14-39(34(26)53-46-33)13-3-6-23-9-10-29(41)27(18-40)31(23)39/h9-10,19-20,22,25H,3-8,11-17,21,41H2,1-2H3/q+1/t22-,25+,39+/m0/s1. The van der Waals surface area contributed by atoms with Gasteiger partial charge in [-0.05, 0) is 75.5 Å². The second-order valence-electron chi connectivity index (χ2n) is 15.4. The molecule has 53 heavy (non-hydrogen) atoms. The fourth-order valence-electron chi connectivity index (χ4n) is 9.94. The first-order valence-corrected chi connectivity index (χ1v) is 19.0. The summed E-state index contributed by atoms with van der Waals surface area (Å²) >= 11 is 0. The van der Waals surface area contributed by atoms with Gasteiger partial charge in [-0.1, -0.05) is 11.2 Å². The van der Waals surface area contributed by atoms with Gasteiger partial charge >= 0.3 is 0 Å². The fraction of sp³-hybridized carbons (Fsp3) is 0.487. The highest BCUT2D eigenvalue weighted by Crippen LogP contribution is 2.53. The molecule has 1 saturated heterocycles. The van der Waals surface area contributed by atoms with Crippen molar-refractivity contribution in [1.82, 2.24) is 39.6 Å². The summed E-state index contributed by atoms with van der Waals surface area (Å²) in [4.78, 5) is 26.1. The zero-order valence-corrected chi connectivity index (χ0v) is 30.1. The highest BCUT2D eigenvalue weighted by molar-refractivity contribution is 5.95. The van der Waals surface area contributed by atoms with Gasteiger partial charge in [-0.15, -0.1) is 0 Å². The van der Waals surface area contributed by atoms with Crippen molar-refractivity contribution >= 4 is 28.3 Å². The van der Waals surface area contributed by atoms with Crippen molar-refractivity contribution in [3.63, 3.8) is 0 Å². The molecule has 0 bridgehead atoms. The number of carbonyl (C=O) groups is 1. The number of aryl methyl sites for hydroxylation is 1. The lowest BCUT2D eigenvalue weighted by Crippen LogP contribution is -2.45. The van der Waals surface area contributed by atoms with Crippen LogP contribution in [0, 0.1) is 11.3 Å². The molecule has 7 heterocycles. The van der Waals surface area contributed by atoms with E-state index in [9.17, 15) is 10.1 Å². The van der Waals surface area contributed by atoms with Gasteiger partial charge in [0.2, 0.25) is 0 Å². The van der Waals surface area contributed by atoms with E-state index in [1.807, 2.05) is 28.0 Å². The summed E-state index contributed by atoms with van der Waals surface area (Å²) in [5.74, 6) is 1.67. The first-order chi connectivity index (χ1) is 25.9.